The van der Waals surface area contributed by atoms with Gasteiger partial charge in [-0.25, -0.2) is 0 Å². The molecule has 3 nitrogen and oxygen atoms in total. The van der Waals surface area contributed by atoms with Crippen LogP contribution in [0.4, 0.5) is 0 Å². The van der Waals surface area contributed by atoms with Gasteiger partial charge in [0.15, 0.2) is 11.5 Å². The van der Waals surface area contributed by atoms with Gasteiger partial charge in [0.25, 0.3) is 0 Å². The second-order valence-electron chi connectivity index (χ2n) is 6.11. The van der Waals surface area contributed by atoms with E-state index < -0.39 is 0 Å². The zero-order valence-electron chi connectivity index (χ0n) is 11.5. The van der Waals surface area contributed by atoms with Crippen LogP contribution >= 0.6 is 0 Å². The van der Waals surface area contributed by atoms with Crippen molar-refractivity contribution in [3.8, 4) is 11.5 Å². The molecule has 2 bridgehead atoms. The lowest BCUT2D eigenvalue weighted by Crippen LogP contribution is -2.57. The number of allylic oxidation sites excluding steroid dienone is 2. The van der Waals surface area contributed by atoms with Crippen molar-refractivity contribution in [2.75, 3.05) is 13.7 Å². The Morgan fingerprint density at radius 2 is 2.35 bits per heavy atom. The highest BCUT2D eigenvalue weighted by molar-refractivity contribution is 5.67. The van der Waals surface area contributed by atoms with Gasteiger partial charge >= 0.3 is 0 Å². The van der Waals surface area contributed by atoms with Gasteiger partial charge < -0.3 is 14.8 Å². The van der Waals surface area contributed by atoms with Crippen LogP contribution in [0.5, 0.6) is 11.5 Å². The Balaban J connectivity index is 1.87. The zero-order chi connectivity index (χ0) is 13.3. The van der Waals surface area contributed by atoms with Crippen LogP contribution in [0.15, 0.2) is 35.9 Å². The summed E-state index contributed by atoms with van der Waals surface area (Å²) in [5, 5.41) is 3.67. The third-order valence-corrected chi connectivity index (χ3v) is 5.39. The molecule has 1 spiro atoms. The van der Waals surface area contributed by atoms with Crippen LogP contribution in [0.25, 0.3) is 0 Å². The number of nitrogens with one attached hydrogen (secondary N) is 1. The monoisotopic (exact) mass is 267 g/mol. The molecule has 2 aliphatic heterocycles. The SMILES string of the molecule is COc1ccc2c3c1O[C@H]1C=CC=C4[C@@H](C2)NCC[C@@]431. The zero-order valence-corrected chi connectivity index (χ0v) is 11.5. The second kappa shape index (κ2) is 3.47. The summed E-state index contributed by atoms with van der Waals surface area (Å²) in [5.74, 6) is 1.85. The van der Waals surface area contributed by atoms with Gasteiger partial charge in [0.1, 0.15) is 6.10 Å². The largest absolute Gasteiger partial charge is 0.493 e. The van der Waals surface area contributed by atoms with Crippen molar-refractivity contribution in [3.05, 3.63) is 47.1 Å². The van der Waals surface area contributed by atoms with Gasteiger partial charge in [-0.2, -0.15) is 0 Å². The fourth-order valence-corrected chi connectivity index (χ4v) is 4.63. The molecule has 5 rings (SSSR count). The van der Waals surface area contributed by atoms with E-state index in [0.29, 0.717) is 6.04 Å². The predicted octanol–water partition coefficient (Wildman–Crippen LogP) is 2.11. The molecule has 3 atom stereocenters. The topological polar surface area (TPSA) is 30.5 Å². The van der Waals surface area contributed by atoms with E-state index in [1.165, 1.54) is 16.7 Å². The smallest absolute Gasteiger partial charge is 0.166 e. The van der Waals surface area contributed by atoms with Crippen LogP contribution in [0.3, 0.4) is 0 Å². The average molecular weight is 267 g/mol. The summed E-state index contributed by atoms with van der Waals surface area (Å²) in [6, 6.07) is 4.74. The highest BCUT2D eigenvalue weighted by Gasteiger charge is 2.58. The summed E-state index contributed by atoms with van der Waals surface area (Å²) in [6.07, 6.45) is 8.97. The van der Waals surface area contributed by atoms with Gasteiger partial charge in [-0.05, 0) is 42.7 Å². The third-order valence-electron chi connectivity index (χ3n) is 5.39. The molecule has 1 aromatic carbocycles. The highest BCUT2D eigenvalue weighted by Crippen LogP contribution is 2.60. The molecule has 4 aliphatic rings. The fourth-order valence-electron chi connectivity index (χ4n) is 4.63. The van der Waals surface area contributed by atoms with Crippen molar-refractivity contribution in [3.63, 3.8) is 0 Å². The number of benzene rings is 1. The average Bonchev–Trinajstić information content (AvgIpc) is 2.80. The second-order valence-corrected chi connectivity index (χ2v) is 6.11. The fraction of sp³-hybridized carbons (Fsp3) is 0.412. The number of hydrogen-bond acceptors (Lipinski definition) is 3. The van der Waals surface area contributed by atoms with Gasteiger partial charge in [0, 0.05) is 11.6 Å². The van der Waals surface area contributed by atoms with E-state index in [1.54, 1.807) is 7.11 Å². The first-order valence-electron chi connectivity index (χ1n) is 7.34. The maximum atomic E-state index is 6.32. The van der Waals surface area contributed by atoms with Crippen molar-refractivity contribution in [1.29, 1.82) is 0 Å². The summed E-state index contributed by atoms with van der Waals surface area (Å²) in [4.78, 5) is 0. The summed E-state index contributed by atoms with van der Waals surface area (Å²) >= 11 is 0. The van der Waals surface area contributed by atoms with Gasteiger partial charge in [0.05, 0.1) is 12.5 Å². The Bertz CT molecular complexity index is 676. The Kier molecular flexibility index (Phi) is 1.91. The minimum Gasteiger partial charge on any atom is -0.493 e. The molecule has 0 amide bonds. The molecule has 1 fully saturated rings. The van der Waals surface area contributed by atoms with E-state index in [2.05, 4.69) is 35.7 Å². The summed E-state index contributed by atoms with van der Waals surface area (Å²) in [7, 11) is 1.72. The number of methoxy groups -OCH3 is 1. The first-order chi connectivity index (χ1) is 9.84. The van der Waals surface area contributed by atoms with Crippen molar-refractivity contribution >= 4 is 0 Å². The van der Waals surface area contributed by atoms with Crippen molar-refractivity contribution in [2.45, 2.75) is 30.4 Å². The van der Waals surface area contributed by atoms with Crippen LogP contribution in [0, 0.1) is 0 Å². The van der Waals surface area contributed by atoms with Gasteiger partial charge in [-0.15, -0.1) is 0 Å². The quantitative estimate of drug-likeness (QED) is 0.845. The van der Waals surface area contributed by atoms with Gasteiger partial charge in [-0.3, -0.25) is 0 Å². The minimum atomic E-state index is 0.0577. The lowest BCUT2D eigenvalue weighted by molar-refractivity contribution is 0.173. The number of piperidine rings is 1. The maximum absolute atomic E-state index is 6.32. The lowest BCUT2D eigenvalue weighted by atomic mass is 9.58. The van der Waals surface area contributed by atoms with Crippen molar-refractivity contribution in [2.24, 2.45) is 0 Å². The van der Waals surface area contributed by atoms with Crippen molar-refractivity contribution < 1.29 is 9.47 Å². The van der Waals surface area contributed by atoms with Crippen LogP contribution in [-0.2, 0) is 11.8 Å². The summed E-state index contributed by atoms with van der Waals surface area (Å²) < 4.78 is 11.8. The van der Waals surface area contributed by atoms with E-state index in [-0.39, 0.29) is 11.5 Å². The molecule has 2 aliphatic carbocycles. The lowest BCUT2D eigenvalue weighted by Gasteiger charge is -2.49. The Morgan fingerprint density at radius 1 is 1.40 bits per heavy atom. The van der Waals surface area contributed by atoms with Crippen molar-refractivity contribution in [1.82, 2.24) is 5.32 Å². The van der Waals surface area contributed by atoms with E-state index in [1.807, 2.05) is 0 Å². The van der Waals surface area contributed by atoms with Crippen LogP contribution in [0.1, 0.15) is 17.5 Å². The Hall–Kier alpha value is -1.74. The molecule has 1 saturated heterocycles. The number of hydrogen-bond donors (Lipinski definition) is 1. The first-order valence-corrected chi connectivity index (χ1v) is 7.34. The normalized spacial score (nSPS) is 35.1. The van der Waals surface area contributed by atoms with Crippen LogP contribution in [-0.4, -0.2) is 25.8 Å². The Morgan fingerprint density at radius 3 is 3.25 bits per heavy atom. The number of ether oxygens (including phenoxy) is 2. The molecule has 0 radical (unpaired) electrons. The number of rotatable bonds is 1. The van der Waals surface area contributed by atoms with E-state index in [0.717, 1.165) is 30.9 Å². The molecule has 20 heavy (non-hydrogen) atoms. The van der Waals surface area contributed by atoms with Gasteiger partial charge in [0.2, 0.25) is 0 Å². The molecular formula is C17H17NO2. The molecule has 0 saturated carbocycles. The molecular weight excluding hydrogens is 250 g/mol. The Labute approximate surface area is 118 Å². The molecule has 0 unspecified atom stereocenters. The molecule has 0 aromatic heterocycles. The minimum absolute atomic E-state index is 0.0577. The summed E-state index contributed by atoms with van der Waals surface area (Å²) in [5.41, 5.74) is 4.39. The van der Waals surface area contributed by atoms with Crippen LogP contribution in [0.2, 0.25) is 0 Å². The molecule has 1 aromatic rings. The summed E-state index contributed by atoms with van der Waals surface area (Å²) in [6.45, 7) is 1.06. The molecule has 3 heteroatoms. The molecule has 2 heterocycles. The third kappa shape index (κ3) is 1.04. The predicted molar refractivity (Wildman–Crippen MR) is 76.4 cm³/mol. The molecule has 102 valence electrons. The molecule has 1 N–H and O–H groups in total. The van der Waals surface area contributed by atoms with Gasteiger partial charge in [-0.1, -0.05) is 18.2 Å². The standard InChI is InChI=1S/C17H17NO2/c1-19-13-6-5-10-9-12-11-3-2-4-14-17(11,7-8-18-12)15(10)16(13)20-14/h2-6,12,14,18H,7-9H2,1H3/t12-,14+,17+/m1/s1. The van der Waals surface area contributed by atoms with Crippen LogP contribution < -0.4 is 14.8 Å². The van der Waals surface area contributed by atoms with E-state index >= 15 is 0 Å². The first kappa shape index (κ1) is 11.0. The van der Waals surface area contributed by atoms with E-state index in [4.69, 9.17) is 9.47 Å². The van der Waals surface area contributed by atoms with E-state index in [9.17, 15) is 0 Å². The highest BCUT2D eigenvalue weighted by atomic mass is 16.5. The maximum Gasteiger partial charge on any atom is 0.166 e.